The third-order valence-corrected chi connectivity index (χ3v) is 4.59. The topological polar surface area (TPSA) is 113 Å². The van der Waals surface area contributed by atoms with Crippen LogP contribution in [0.3, 0.4) is 0 Å². The van der Waals surface area contributed by atoms with Crippen molar-refractivity contribution in [3.8, 4) is 5.75 Å². The summed E-state index contributed by atoms with van der Waals surface area (Å²) in [5, 5.41) is 11.4. The zero-order chi connectivity index (χ0) is 22.0. The van der Waals surface area contributed by atoms with Gasteiger partial charge in [0, 0.05) is 17.8 Å². The Balaban J connectivity index is 1.77. The number of nitrogens with zero attached hydrogens (tertiary/aromatic N) is 1. The minimum Gasteiger partial charge on any atom is -0.482 e. The summed E-state index contributed by atoms with van der Waals surface area (Å²) in [5.74, 6) is -1.73. The number of imide groups is 1. The second-order valence-corrected chi connectivity index (χ2v) is 7.49. The number of aryl methyl sites for hydroxylation is 1. The lowest BCUT2D eigenvalue weighted by Gasteiger charge is -2.15. The smallest absolute Gasteiger partial charge is 0.341 e. The molecule has 0 bridgehead atoms. The molecule has 3 amide bonds. The highest BCUT2D eigenvalue weighted by molar-refractivity contribution is 6.22. The molecule has 3 rings (SSSR count). The molecular weight excluding hydrogens is 388 g/mol. The van der Waals surface area contributed by atoms with Gasteiger partial charge in [0.2, 0.25) is 0 Å². The number of carboxylic acid groups (broad SMARTS) is 1. The third kappa shape index (κ3) is 4.32. The number of carbonyl (C=O) groups excluding carboxylic acids is 3. The number of aliphatic carboxylic acids is 1. The molecule has 2 aromatic rings. The first-order valence-electron chi connectivity index (χ1n) is 9.44. The highest BCUT2D eigenvalue weighted by atomic mass is 16.5. The Bertz CT molecular complexity index is 1040. The fraction of sp³-hybridized carbons (Fsp3) is 0.273. The van der Waals surface area contributed by atoms with E-state index in [0.29, 0.717) is 29.1 Å². The van der Waals surface area contributed by atoms with Crippen molar-refractivity contribution >= 4 is 29.4 Å². The van der Waals surface area contributed by atoms with Gasteiger partial charge in [-0.25, -0.2) is 4.79 Å². The molecule has 0 fully saturated rings. The standard InChI is InChI=1S/C22H22N2O6/c1-12(2)10-24-21(28)16-6-4-14(9-17(16)22(24)29)20(27)23-18-7-5-15(8-13(18)3)30-11-19(25)26/h4-9,12H,10-11H2,1-3H3,(H,23,27)(H,25,26). The van der Waals surface area contributed by atoms with E-state index in [-0.39, 0.29) is 23.0 Å². The molecule has 1 aliphatic rings. The van der Waals surface area contributed by atoms with Gasteiger partial charge >= 0.3 is 5.97 Å². The molecular formula is C22H22N2O6. The van der Waals surface area contributed by atoms with E-state index in [1.165, 1.54) is 23.1 Å². The Hall–Kier alpha value is -3.68. The molecule has 0 atom stereocenters. The first-order valence-corrected chi connectivity index (χ1v) is 9.44. The van der Waals surface area contributed by atoms with Gasteiger partial charge in [0.25, 0.3) is 17.7 Å². The molecule has 8 heteroatoms. The summed E-state index contributed by atoms with van der Waals surface area (Å²) in [7, 11) is 0. The van der Waals surface area contributed by atoms with Crippen LogP contribution in [0.1, 0.15) is 50.5 Å². The van der Waals surface area contributed by atoms with Crippen LogP contribution in [-0.4, -0.2) is 46.8 Å². The SMILES string of the molecule is Cc1cc(OCC(=O)O)ccc1NC(=O)c1ccc2c(c1)C(=O)N(CC(C)C)C2=O. The van der Waals surface area contributed by atoms with Crippen molar-refractivity contribution in [3.63, 3.8) is 0 Å². The predicted octanol–water partition coefficient (Wildman–Crippen LogP) is 2.96. The highest BCUT2D eigenvalue weighted by Gasteiger charge is 2.36. The largest absolute Gasteiger partial charge is 0.482 e. The fourth-order valence-corrected chi connectivity index (χ4v) is 3.17. The van der Waals surface area contributed by atoms with Gasteiger partial charge in [0.15, 0.2) is 6.61 Å². The summed E-state index contributed by atoms with van der Waals surface area (Å²) in [4.78, 5) is 49.5. The van der Waals surface area contributed by atoms with Crippen LogP contribution >= 0.6 is 0 Å². The van der Waals surface area contributed by atoms with Crippen LogP contribution in [0.2, 0.25) is 0 Å². The van der Waals surface area contributed by atoms with E-state index in [0.717, 1.165) is 0 Å². The first-order chi connectivity index (χ1) is 14.2. The molecule has 2 N–H and O–H groups in total. The van der Waals surface area contributed by atoms with Gasteiger partial charge in [-0.1, -0.05) is 13.8 Å². The molecule has 8 nitrogen and oxygen atoms in total. The van der Waals surface area contributed by atoms with Gasteiger partial charge in [-0.05, 0) is 54.8 Å². The summed E-state index contributed by atoms with van der Waals surface area (Å²) >= 11 is 0. The van der Waals surface area contributed by atoms with Crippen molar-refractivity contribution in [2.45, 2.75) is 20.8 Å². The maximum Gasteiger partial charge on any atom is 0.341 e. The molecule has 156 valence electrons. The molecule has 0 spiro atoms. The number of fused-ring (bicyclic) bond motifs is 1. The third-order valence-electron chi connectivity index (χ3n) is 4.59. The minimum atomic E-state index is -1.08. The maximum atomic E-state index is 12.7. The van der Waals surface area contributed by atoms with Crippen LogP contribution in [0.4, 0.5) is 5.69 Å². The van der Waals surface area contributed by atoms with Crippen LogP contribution in [0.25, 0.3) is 0 Å². The number of carbonyl (C=O) groups is 4. The molecule has 1 heterocycles. The average molecular weight is 410 g/mol. The number of carboxylic acids is 1. The molecule has 0 aromatic heterocycles. The molecule has 0 saturated carbocycles. The zero-order valence-corrected chi connectivity index (χ0v) is 16.9. The number of hydrogen-bond donors (Lipinski definition) is 2. The molecule has 2 aromatic carbocycles. The van der Waals surface area contributed by atoms with Crippen LogP contribution in [0.5, 0.6) is 5.75 Å². The van der Waals surface area contributed by atoms with Crippen LogP contribution in [0.15, 0.2) is 36.4 Å². The first kappa shape index (κ1) is 21.0. The van der Waals surface area contributed by atoms with E-state index >= 15 is 0 Å². The zero-order valence-electron chi connectivity index (χ0n) is 16.9. The molecule has 0 radical (unpaired) electrons. The monoisotopic (exact) mass is 410 g/mol. The molecule has 1 aliphatic heterocycles. The second kappa shape index (κ2) is 8.36. The lowest BCUT2D eigenvalue weighted by atomic mass is 10.0. The Morgan fingerprint density at radius 1 is 1.07 bits per heavy atom. The number of rotatable bonds is 7. The van der Waals surface area contributed by atoms with E-state index in [2.05, 4.69) is 5.32 Å². The van der Waals surface area contributed by atoms with Crippen molar-refractivity contribution in [3.05, 3.63) is 58.7 Å². The van der Waals surface area contributed by atoms with Gasteiger partial charge in [-0.15, -0.1) is 0 Å². The predicted molar refractivity (Wildman–Crippen MR) is 109 cm³/mol. The highest BCUT2D eigenvalue weighted by Crippen LogP contribution is 2.26. The number of hydrogen-bond acceptors (Lipinski definition) is 5. The van der Waals surface area contributed by atoms with Crippen LogP contribution in [-0.2, 0) is 4.79 Å². The Morgan fingerprint density at radius 2 is 1.77 bits per heavy atom. The van der Waals surface area contributed by atoms with E-state index in [9.17, 15) is 19.2 Å². The molecule has 30 heavy (non-hydrogen) atoms. The van der Waals surface area contributed by atoms with E-state index in [1.54, 1.807) is 25.1 Å². The number of anilines is 1. The van der Waals surface area contributed by atoms with E-state index in [4.69, 9.17) is 9.84 Å². The van der Waals surface area contributed by atoms with Gasteiger partial charge in [-0.2, -0.15) is 0 Å². The van der Waals surface area contributed by atoms with Crippen molar-refractivity contribution in [1.29, 1.82) is 0 Å². The molecule has 0 saturated heterocycles. The summed E-state index contributed by atoms with van der Waals surface area (Å²) in [6, 6.07) is 9.23. The fourth-order valence-electron chi connectivity index (χ4n) is 3.17. The number of amides is 3. The summed E-state index contributed by atoms with van der Waals surface area (Å²) in [6.07, 6.45) is 0. The minimum absolute atomic E-state index is 0.139. The maximum absolute atomic E-state index is 12.7. The second-order valence-electron chi connectivity index (χ2n) is 7.49. The molecule has 0 aliphatic carbocycles. The summed E-state index contributed by atoms with van der Waals surface area (Å²) < 4.78 is 5.12. The Kier molecular flexibility index (Phi) is 5.86. The number of ether oxygens (including phenoxy) is 1. The van der Waals surface area contributed by atoms with Crippen molar-refractivity contribution in [2.24, 2.45) is 5.92 Å². The van der Waals surface area contributed by atoms with Gasteiger partial charge in [-0.3, -0.25) is 19.3 Å². The summed E-state index contributed by atoms with van der Waals surface area (Å²) in [6.45, 7) is 5.45. The molecule has 0 unspecified atom stereocenters. The lowest BCUT2D eigenvalue weighted by molar-refractivity contribution is -0.139. The van der Waals surface area contributed by atoms with Crippen molar-refractivity contribution in [2.75, 3.05) is 18.5 Å². The van der Waals surface area contributed by atoms with E-state index < -0.39 is 24.4 Å². The van der Waals surface area contributed by atoms with Crippen molar-refractivity contribution in [1.82, 2.24) is 4.90 Å². The lowest BCUT2D eigenvalue weighted by Crippen LogP contribution is -2.33. The van der Waals surface area contributed by atoms with Gasteiger partial charge in [0.05, 0.1) is 11.1 Å². The Morgan fingerprint density at radius 3 is 2.40 bits per heavy atom. The quantitative estimate of drug-likeness (QED) is 0.679. The number of benzene rings is 2. The summed E-state index contributed by atoms with van der Waals surface area (Å²) in [5.41, 5.74) is 1.98. The normalized spacial score (nSPS) is 12.9. The van der Waals surface area contributed by atoms with Gasteiger partial charge < -0.3 is 15.2 Å². The Labute approximate surface area is 173 Å². The van der Waals surface area contributed by atoms with Crippen LogP contribution in [0, 0.1) is 12.8 Å². The van der Waals surface area contributed by atoms with Crippen LogP contribution < -0.4 is 10.1 Å². The van der Waals surface area contributed by atoms with Crippen molar-refractivity contribution < 1.29 is 29.0 Å². The van der Waals surface area contributed by atoms with E-state index in [1.807, 2.05) is 13.8 Å². The average Bonchev–Trinajstić information content (AvgIpc) is 2.92. The number of nitrogens with one attached hydrogen (secondary N) is 1. The van der Waals surface area contributed by atoms with Gasteiger partial charge in [0.1, 0.15) is 5.75 Å².